The maximum atomic E-state index is 12.0. The molecule has 1 aliphatic heterocycles. The predicted octanol–water partition coefficient (Wildman–Crippen LogP) is 2.83. The molecule has 2 amide bonds. The van der Waals surface area contributed by atoms with Gasteiger partial charge in [0, 0.05) is 49.4 Å². The molecular weight excluding hydrogens is 332 g/mol. The summed E-state index contributed by atoms with van der Waals surface area (Å²) in [6.45, 7) is 1.28. The molecule has 1 aromatic carbocycles. The SMILES string of the molecule is COCC(=O)N1CCc2oc(-c3cccc(NC(=O)C4CC4)c3)cc2C1. The fraction of sp³-hybridized carbons (Fsp3) is 0.400. The molecule has 2 heterocycles. The molecule has 1 aromatic heterocycles. The molecule has 0 bridgehead atoms. The average Bonchev–Trinajstić information content (AvgIpc) is 3.41. The van der Waals surface area contributed by atoms with Gasteiger partial charge in [-0.1, -0.05) is 12.1 Å². The van der Waals surface area contributed by atoms with E-state index in [1.807, 2.05) is 30.3 Å². The lowest BCUT2D eigenvalue weighted by molar-refractivity contribution is -0.136. The summed E-state index contributed by atoms with van der Waals surface area (Å²) in [5.74, 6) is 1.94. The Balaban J connectivity index is 1.51. The van der Waals surface area contributed by atoms with E-state index >= 15 is 0 Å². The zero-order valence-corrected chi connectivity index (χ0v) is 14.8. The molecule has 26 heavy (non-hydrogen) atoms. The highest BCUT2D eigenvalue weighted by Gasteiger charge is 2.29. The first-order valence-corrected chi connectivity index (χ1v) is 8.93. The molecule has 0 atom stereocenters. The molecule has 1 fully saturated rings. The highest BCUT2D eigenvalue weighted by Crippen LogP contribution is 2.32. The number of furan rings is 1. The van der Waals surface area contributed by atoms with Crippen LogP contribution in [0.3, 0.4) is 0 Å². The first kappa shape index (κ1) is 16.8. The van der Waals surface area contributed by atoms with Crippen molar-refractivity contribution < 1.29 is 18.7 Å². The lowest BCUT2D eigenvalue weighted by atomic mass is 10.1. The van der Waals surface area contributed by atoms with Gasteiger partial charge in [-0.25, -0.2) is 0 Å². The maximum absolute atomic E-state index is 12.0. The molecule has 0 saturated heterocycles. The van der Waals surface area contributed by atoms with E-state index in [1.165, 1.54) is 7.11 Å². The van der Waals surface area contributed by atoms with E-state index < -0.39 is 0 Å². The summed E-state index contributed by atoms with van der Waals surface area (Å²) in [4.78, 5) is 25.8. The normalized spacial score (nSPS) is 16.3. The van der Waals surface area contributed by atoms with Crippen LogP contribution in [0.1, 0.15) is 24.2 Å². The maximum Gasteiger partial charge on any atom is 0.248 e. The molecular formula is C20H22N2O4. The number of rotatable bonds is 5. The van der Waals surface area contributed by atoms with Crippen LogP contribution in [0.25, 0.3) is 11.3 Å². The van der Waals surface area contributed by atoms with Gasteiger partial charge in [0.2, 0.25) is 11.8 Å². The van der Waals surface area contributed by atoms with Crippen molar-refractivity contribution >= 4 is 17.5 Å². The van der Waals surface area contributed by atoms with Crippen LogP contribution in [0.2, 0.25) is 0 Å². The van der Waals surface area contributed by atoms with Gasteiger partial charge < -0.3 is 19.4 Å². The van der Waals surface area contributed by atoms with Crippen molar-refractivity contribution in [1.82, 2.24) is 4.90 Å². The van der Waals surface area contributed by atoms with Gasteiger partial charge in [-0.15, -0.1) is 0 Å². The van der Waals surface area contributed by atoms with Crippen LogP contribution < -0.4 is 5.32 Å². The number of nitrogens with zero attached hydrogens (tertiary/aromatic N) is 1. The smallest absolute Gasteiger partial charge is 0.248 e. The topological polar surface area (TPSA) is 71.8 Å². The van der Waals surface area contributed by atoms with Gasteiger partial charge in [-0.05, 0) is 31.0 Å². The van der Waals surface area contributed by atoms with Gasteiger partial charge in [0.25, 0.3) is 0 Å². The van der Waals surface area contributed by atoms with Crippen LogP contribution in [0.15, 0.2) is 34.7 Å². The van der Waals surface area contributed by atoms with Crippen molar-refractivity contribution in [3.63, 3.8) is 0 Å². The van der Waals surface area contributed by atoms with E-state index in [9.17, 15) is 9.59 Å². The van der Waals surface area contributed by atoms with E-state index in [-0.39, 0.29) is 24.3 Å². The zero-order chi connectivity index (χ0) is 18.1. The zero-order valence-electron chi connectivity index (χ0n) is 14.8. The van der Waals surface area contributed by atoms with Crippen molar-refractivity contribution in [2.75, 3.05) is 25.6 Å². The fourth-order valence-corrected chi connectivity index (χ4v) is 3.24. The van der Waals surface area contributed by atoms with Gasteiger partial charge >= 0.3 is 0 Å². The molecule has 1 saturated carbocycles. The Morgan fingerprint density at radius 3 is 2.92 bits per heavy atom. The standard InChI is InChI=1S/C20H22N2O4/c1-25-12-19(23)22-8-7-17-15(11-22)10-18(26-17)14-3-2-4-16(9-14)21-20(24)13-5-6-13/h2-4,9-10,13H,5-8,11-12H2,1H3,(H,21,24). The molecule has 0 radical (unpaired) electrons. The number of anilines is 1. The third-order valence-corrected chi connectivity index (χ3v) is 4.85. The largest absolute Gasteiger partial charge is 0.461 e. The quantitative estimate of drug-likeness (QED) is 0.896. The molecule has 0 spiro atoms. The third-order valence-electron chi connectivity index (χ3n) is 4.85. The fourth-order valence-electron chi connectivity index (χ4n) is 3.24. The second-order valence-corrected chi connectivity index (χ2v) is 6.90. The molecule has 0 unspecified atom stereocenters. The highest BCUT2D eigenvalue weighted by molar-refractivity contribution is 5.94. The Bertz CT molecular complexity index is 838. The second kappa shape index (κ2) is 6.96. The summed E-state index contributed by atoms with van der Waals surface area (Å²) in [6, 6.07) is 9.68. The van der Waals surface area contributed by atoms with E-state index in [0.29, 0.717) is 19.5 Å². The van der Waals surface area contributed by atoms with Crippen LogP contribution in [0.4, 0.5) is 5.69 Å². The number of carbonyl (C=O) groups excluding carboxylic acids is 2. The molecule has 1 N–H and O–H groups in total. The van der Waals surface area contributed by atoms with Crippen LogP contribution in [-0.4, -0.2) is 37.0 Å². The minimum atomic E-state index is -0.00862. The number of amides is 2. The summed E-state index contributed by atoms with van der Waals surface area (Å²) >= 11 is 0. The number of hydrogen-bond donors (Lipinski definition) is 1. The minimum absolute atomic E-state index is 0.00862. The van der Waals surface area contributed by atoms with Crippen LogP contribution in [-0.2, 0) is 27.3 Å². The molecule has 2 aliphatic rings. The highest BCUT2D eigenvalue weighted by atomic mass is 16.5. The first-order chi connectivity index (χ1) is 12.6. The number of carbonyl (C=O) groups is 2. The number of methoxy groups -OCH3 is 1. The molecule has 6 nitrogen and oxygen atoms in total. The van der Waals surface area contributed by atoms with Crippen LogP contribution >= 0.6 is 0 Å². The molecule has 1 aliphatic carbocycles. The summed E-state index contributed by atoms with van der Waals surface area (Å²) in [7, 11) is 1.53. The van der Waals surface area contributed by atoms with Crippen LogP contribution in [0.5, 0.6) is 0 Å². The second-order valence-electron chi connectivity index (χ2n) is 6.90. The number of nitrogens with one attached hydrogen (secondary N) is 1. The summed E-state index contributed by atoms with van der Waals surface area (Å²) in [5, 5.41) is 2.96. The van der Waals surface area contributed by atoms with Gasteiger partial charge in [0.1, 0.15) is 18.1 Å². The predicted molar refractivity (Wildman–Crippen MR) is 96.5 cm³/mol. The van der Waals surface area contributed by atoms with Crippen molar-refractivity contribution in [3.8, 4) is 11.3 Å². The van der Waals surface area contributed by atoms with Gasteiger partial charge in [0.05, 0.1) is 0 Å². The Hall–Kier alpha value is -2.60. The van der Waals surface area contributed by atoms with E-state index in [1.54, 1.807) is 4.90 Å². The van der Waals surface area contributed by atoms with Crippen molar-refractivity contribution in [2.24, 2.45) is 5.92 Å². The van der Waals surface area contributed by atoms with Crippen molar-refractivity contribution in [3.05, 3.63) is 41.7 Å². The van der Waals surface area contributed by atoms with Gasteiger partial charge in [-0.2, -0.15) is 0 Å². The van der Waals surface area contributed by atoms with Crippen LogP contribution in [0, 0.1) is 5.92 Å². The number of ether oxygens (including phenoxy) is 1. The number of hydrogen-bond acceptors (Lipinski definition) is 4. The first-order valence-electron chi connectivity index (χ1n) is 8.93. The van der Waals surface area contributed by atoms with E-state index in [4.69, 9.17) is 9.15 Å². The summed E-state index contributed by atoms with van der Waals surface area (Å²) < 4.78 is 11.0. The summed E-state index contributed by atoms with van der Waals surface area (Å²) in [6.07, 6.45) is 2.66. The summed E-state index contributed by atoms with van der Waals surface area (Å²) in [5.41, 5.74) is 2.73. The number of benzene rings is 1. The average molecular weight is 354 g/mol. The molecule has 6 heteroatoms. The Morgan fingerprint density at radius 1 is 1.31 bits per heavy atom. The minimum Gasteiger partial charge on any atom is -0.461 e. The lowest BCUT2D eigenvalue weighted by Gasteiger charge is -2.25. The molecule has 136 valence electrons. The number of fused-ring (bicyclic) bond motifs is 1. The third kappa shape index (κ3) is 3.51. The van der Waals surface area contributed by atoms with Crippen molar-refractivity contribution in [2.45, 2.75) is 25.8 Å². The monoisotopic (exact) mass is 354 g/mol. The van der Waals surface area contributed by atoms with E-state index in [2.05, 4.69) is 5.32 Å². The lowest BCUT2D eigenvalue weighted by Crippen LogP contribution is -2.37. The Morgan fingerprint density at radius 2 is 2.15 bits per heavy atom. The van der Waals surface area contributed by atoms with Gasteiger partial charge in [0.15, 0.2) is 0 Å². The Kier molecular flexibility index (Phi) is 4.51. The molecule has 2 aromatic rings. The van der Waals surface area contributed by atoms with Gasteiger partial charge in [-0.3, -0.25) is 9.59 Å². The molecule has 4 rings (SSSR count). The van der Waals surface area contributed by atoms with Crippen molar-refractivity contribution in [1.29, 1.82) is 0 Å². The Labute approximate surface area is 152 Å². The van der Waals surface area contributed by atoms with E-state index in [0.717, 1.165) is 41.2 Å².